The lowest BCUT2D eigenvalue weighted by molar-refractivity contribution is 0.305. The van der Waals surface area contributed by atoms with E-state index in [1.807, 2.05) is 18.3 Å². The van der Waals surface area contributed by atoms with Crippen LogP contribution in [0.4, 0.5) is 0 Å². The van der Waals surface area contributed by atoms with E-state index in [4.69, 9.17) is 5.11 Å². The summed E-state index contributed by atoms with van der Waals surface area (Å²) in [7, 11) is 0. The van der Waals surface area contributed by atoms with Crippen LogP contribution in [0.5, 0.6) is 0 Å². The quantitative estimate of drug-likeness (QED) is 0.765. The number of halogens is 2. The molecule has 0 amide bonds. The highest BCUT2D eigenvalue weighted by atomic mass is 79.9. The van der Waals surface area contributed by atoms with Crippen LogP contribution in [0, 0.1) is 11.8 Å². The molecule has 2 aromatic rings. The summed E-state index contributed by atoms with van der Waals surface area (Å²) in [5.74, 6) is 5.95. The second-order valence-corrected chi connectivity index (χ2v) is 5.00. The van der Waals surface area contributed by atoms with Crippen LogP contribution in [0.15, 0.2) is 27.3 Å². The highest BCUT2D eigenvalue weighted by Crippen LogP contribution is 2.29. The molecule has 2 nitrogen and oxygen atoms in total. The monoisotopic (exact) mass is 341 g/mol. The van der Waals surface area contributed by atoms with Gasteiger partial charge in [-0.2, -0.15) is 0 Å². The van der Waals surface area contributed by atoms with Gasteiger partial charge in [0.2, 0.25) is 0 Å². The van der Waals surface area contributed by atoms with Crippen LogP contribution in [0.25, 0.3) is 10.9 Å². The number of fused-ring (bicyclic) bond motifs is 1. The van der Waals surface area contributed by atoms with Crippen molar-refractivity contribution in [2.45, 2.75) is 6.42 Å². The smallest absolute Gasteiger partial charge is 0.0540 e. The maximum atomic E-state index is 8.66. The second kappa shape index (κ2) is 5.05. The van der Waals surface area contributed by atoms with Crippen molar-refractivity contribution in [1.29, 1.82) is 0 Å². The Bertz CT molecular complexity index is 578. The Kier molecular flexibility index (Phi) is 3.70. The molecule has 16 heavy (non-hydrogen) atoms. The Labute approximate surface area is 110 Å². The maximum absolute atomic E-state index is 8.66. The first kappa shape index (κ1) is 11.7. The molecule has 0 saturated heterocycles. The van der Waals surface area contributed by atoms with Gasteiger partial charge in [-0.15, -0.1) is 0 Å². The minimum Gasteiger partial charge on any atom is -0.395 e. The molecule has 0 radical (unpaired) electrons. The minimum atomic E-state index is 0.102. The van der Waals surface area contributed by atoms with E-state index in [9.17, 15) is 0 Å². The lowest BCUT2D eigenvalue weighted by Crippen LogP contribution is -1.77. The van der Waals surface area contributed by atoms with Crippen molar-refractivity contribution in [3.63, 3.8) is 0 Å². The van der Waals surface area contributed by atoms with Crippen molar-refractivity contribution < 1.29 is 5.11 Å². The third kappa shape index (κ3) is 2.32. The third-order valence-electron chi connectivity index (χ3n) is 2.18. The SMILES string of the molecule is OCCC#Cc1c[nH]c2cc(Br)c(Br)cc12. The van der Waals surface area contributed by atoms with E-state index in [0.717, 1.165) is 25.4 Å². The van der Waals surface area contributed by atoms with Crippen molar-refractivity contribution in [3.8, 4) is 11.8 Å². The maximum Gasteiger partial charge on any atom is 0.0540 e. The number of aromatic amines is 1. The van der Waals surface area contributed by atoms with E-state index >= 15 is 0 Å². The van der Waals surface area contributed by atoms with Gasteiger partial charge >= 0.3 is 0 Å². The molecule has 4 heteroatoms. The van der Waals surface area contributed by atoms with Crippen LogP contribution in [-0.2, 0) is 0 Å². The van der Waals surface area contributed by atoms with Crippen molar-refractivity contribution in [2.75, 3.05) is 6.61 Å². The summed E-state index contributed by atoms with van der Waals surface area (Å²) in [5, 5.41) is 9.75. The Morgan fingerprint density at radius 2 is 2.00 bits per heavy atom. The topological polar surface area (TPSA) is 36.0 Å². The highest BCUT2D eigenvalue weighted by Gasteiger charge is 2.04. The highest BCUT2D eigenvalue weighted by molar-refractivity contribution is 9.13. The molecule has 0 bridgehead atoms. The van der Waals surface area contributed by atoms with E-state index in [1.54, 1.807) is 0 Å². The van der Waals surface area contributed by atoms with Gasteiger partial charge < -0.3 is 10.1 Å². The molecule has 1 aromatic carbocycles. The molecule has 1 heterocycles. The molecular weight excluding hydrogens is 334 g/mol. The molecule has 0 fully saturated rings. The molecule has 1 aromatic heterocycles. The third-order valence-corrected chi connectivity index (χ3v) is 4.03. The van der Waals surface area contributed by atoms with Gasteiger partial charge in [-0.1, -0.05) is 11.8 Å². The fourth-order valence-electron chi connectivity index (χ4n) is 1.43. The average molecular weight is 343 g/mol. The number of nitrogens with one attached hydrogen (secondary N) is 1. The molecule has 0 saturated carbocycles. The first-order valence-electron chi connectivity index (χ1n) is 4.78. The fraction of sp³-hybridized carbons (Fsp3) is 0.167. The number of rotatable bonds is 1. The summed E-state index contributed by atoms with van der Waals surface area (Å²) in [5.41, 5.74) is 2.00. The van der Waals surface area contributed by atoms with Crippen LogP contribution in [0.2, 0.25) is 0 Å². The van der Waals surface area contributed by atoms with Gasteiger partial charge in [-0.05, 0) is 44.0 Å². The second-order valence-electron chi connectivity index (χ2n) is 3.29. The Balaban J connectivity index is 2.49. The first-order chi connectivity index (χ1) is 7.72. The zero-order valence-electron chi connectivity index (χ0n) is 8.35. The van der Waals surface area contributed by atoms with E-state index in [-0.39, 0.29) is 6.61 Å². The van der Waals surface area contributed by atoms with Gasteiger partial charge in [-0.25, -0.2) is 0 Å². The van der Waals surface area contributed by atoms with Gasteiger partial charge in [0, 0.05) is 38.0 Å². The number of aliphatic hydroxyl groups is 1. The van der Waals surface area contributed by atoms with Gasteiger partial charge in [0.1, 0.15) is 0 Å². The number of aliphatic hydroxyl groups excluding tert-OH is 1. The Morgan fingerprint density at radius 3 is 2.75 bits per heavy atom. The summed E-state index contributed by atoms with van der Waals surface area (Å²) in [6.07, 6.45) is 2.39. The summed E-state index contributed by atoms with van der Waals surface area (Å²) < 4.78 is 2.02. The molecule has 2 N–H and O–H groups in total. The predicted molar refractivity (Wildman–Crippen MR) is 72.3 cm³/mol. The standard InChI is InChI=1S/C12H9Br2NO/c13-10-5-9-8(3-1-2-4-16)7-15-12(9)6-11(10)14/h5-7,15-16H,2,4H2. The van der Waals surface area contributed by atoms with E-state index < -0.39 is 0 Å². The fourth-order valence-corrected chi connectivity index (χ4v) is 2.12. The molecule has 0 unspecified atom stereocenters. The number of hydrogen-bond acceptors (Lipinski definition) is 1. The van der Waals surface area contributed by atoms with Crippen molar-refractivity contribution >= 4 is 42.8 Å². The van der Waals surface area contributed by atoms with Crippen LogP contribution in [0.3, 0.4) is 0 Å². The molecule has 0 aliphatic carbocycles. The Morgan fingerprint density at radius 1 is 1.25 bits per heavy atom. The summed E-state index contributed by atoms with van der Waals surface area (Å²) in [6, 6.07) is 4.04. The van der Waals surface area contributed by atoms with Gasteiger partial charge in [0.15, 0.2) is 0 Å². The number of aromatic nitrogens is 1. The van der Waals surface area contributed by atoms with Crippen LogP contribution >= 0.6 is 31.9 Å². The van der Waals surface area contributed by atoms with Gasteiger partial charge in [0.25, 0.3) is 0 Å². The van der Waals surface area contributed by atoms with Crippen LogP contribution in [-0.4, -0.2) is 16.7 Å². The van der Waals surface area contributed by atoms with E-state index in [2.05, 4.69) is 48.7 Å². The Hall–Kier alpha value is -0.760. The molecular formula is C12H9Br2NO. The van der Waals surface area contributed by atoms with Crippen molar-refractivity contribution in [2.24, 2.45) is 0 Å². The van der Waals surface area contributed by atoms with Crippen molar-refractivity contribution in [3.05, 3.63) is 32.8 Å². The van der Waals surface area contributed by atoms with Crippen molar-refractivity contribution in [1.82, 2.24) is 4.98 Å². The number of hydrogen-bond donors (Lipinski definition) is 2. The predicted octanol–water partition coefficient (Wildman–Crippen LogP) is 3.43. The van der Waals surface area contributed by atoms with Crippen LogP contribution < -0.4 is 0 Å². The molecule has 2 rings (SSSR count). The molecule has 0 aliphatic rings. The lowest BCUT2D eigenvalue weighted by Gasteiger charge is -1.96. The van der Waals surface area contributed by atoms with Gasteiger partial charge in [0.05, 0.1) is 6.61 Å². The summed E-state index contributed by atoms with van der Waals surface area (Å²) >= 11 is 6.92. The molecule has 0 aliphatic heterocycles. The van der Waals surface area contributed by atoms with E-state index in [1.165, 1.54) is 0 Å². The minimum absolute atomic E-state index is 0.102. The lowest BCUT2D eigenvalue weighted by atomic mass is 10.2. The van der Waals surface area contributed by atoms with Crippen LogP contribution in [0.1, 0.15) is 12.0 Å². The normalized spacial score (nSPS) is 10.2. The zero-order valence-corrected chi connectivity index (χ0v) is 11.5. The number of benzene rings is 1. The summed E-state index contributed by atoms with van der Waals surface area (Å²) in [6.45, 7) is 0.102. The average Bonchev–Trinajstić information content (AvgIpc) is 2.63. The number of H-pyrrole nitrogens is 1. The van der Waals surface area contributed by atoms with E-state index in [0.29, 0.717) is 6.42 Å². The zero-order chi connectivity index (χ0) is 11.5. The largest absolute Gasteiger partial charge is 0.395 e. The molecule has 0 atom stereocenters. The molecule has 0 spiro atoms. The van der Waals surface area contributed by atoms with Gasteiger partial charge in [-0.3, -0.25) is 0 Å². The first-order valence-corrected chi connectivity index (χ1v) is 6.37. The molecule has 82 valence electrons. The summed E-state index contributed by atoms with van der Waals surface area (Å²) in [4.78, 5) is 3.17.